The maximum absolute atomic E-state index is 13.6. The second kappa shape index (κ2) is 5.76. The van der Waals surface area contributed by atoms with Crippen molar-refractivity contribution in [3.8, 4) is 0 Å². The molecule has 2 unspecified atom stereocenters. The van der Waals surface area contributed by atoms with E-state index in [1.165, 1.54) is 25.3 Å². The number of halogens is 1. The van der Waals surface area contributed by atoms with Crippen LogP contribution in [0, 0.1) is 11.7 Å². The summed E-state index contributed by atoms with van der Waals surface area (Å²) < 4.78 is 15.8. The van der Waals surface area contributed by atoms with Crippen LogP contribution in [0.5, 0.6) is 0 Å². The fraction of sp³-hybridized carbons (Fsp3) is 0.588. The summed E-state index contributed by atoms with van der Waals surface area (Å²) in [6.07, 6.45) is 4.81. The molecule has 0 aliphatic heterocycles. The molecule has 2 aromatic rings. The van der Waals surface area contributed by atoms with E-state index in [1.807, 2.05) is 0 Å². The number of rotatable bonds is 3. The van der Waals surface area contributed by atoms with E-state index >= 15 is 0 Å². The number of hydrogen-bond acceptors (Lipinski definition) is 2. The van der Waals surface area contributed by atoms with Crippen molar-refractivity contribution in [2.75, 3.05) is 6.54 Å². The predicted octanol–water partition coefficient (Wildman–Crippen LogP) is 3.99. The van der Waals surface area contributed by atoms with Crippen LogP contribution in [0.3, 0.4) is 0 Å². The molecule has 0 radical (unpaired) electrons. The SMILES string of the molecule is CC(C)n1c(C2CCCCC2CN)nc2ccc(F)cc21. The van der Waals surface area contributed by atoms with Gasteiger partial charge < -0.3 is 10.3 Å². The van der Waals surface area contributed by atoms with E-state index in [0.717, 1.165) is 23.3 Å². The summed E-state index contributed by atoms with van der Waals surface area (Å²) in [7, 11) is 0. The topological polar surface area (TPSA) is 43.8 Å². The minimum atomic E-state index is -0.199. The lowest BCUT2D eigenvalue weighted by molar-refractivity contribution is 0.296. The zero-order chi connectivity index (χ0) is 15.0. The van der Waals surface area contributed by atoms with Gasteiger partial charge in [-0.2, -0.15) is 0 Å². The largest absolute Gasteiger partial charge is 0.330 e. The van der Waals surface area contributed by atoms with E-state index in [1.54, 1.807) is 12.1 Å². The van der Waals surface area contributed by atoms with Crippen molar-refractivity contribution in [3.63, 3.8) is 0 Å². The lowest BCUT2D eigenvalue weighted by atomic mass is 9.78. The van der Waals surface area contributed by atoms with Gasteiger partial charge >= 0.3 is 0 Å². The van der Waals surface area contributed by atoms with Gasteiger partial charge in [0.05, 0.1) is 11.0 Å². The number of fused-ring (bicyclic) bond motifs is 1. The first-order valence-electron chi connectivity index (χ1n) is 7.99. The molecule has 0 spiro atoms. The van der Waals surface area contributed by atoms with Gasteiger partial charge in [0.1, 0.15) is 11.6 Å². The molecule has 1 saturated carbocycles. The van der Waals surface area contributed by atoms with E-state index in [0.29, 0.717) is 18.4 Å². The number of aromatic nitrogens is 2. The van der Waals surface area contributed by atoms with Gasteiger partial charge in [-0.05, 0) is 57.4 Å². The third-order valence-electron chi connectivity index (χ3n) is 4.74. The van der Waals surface area contributed by atoms with Crippen LogP contribution in [-0.4, -0.2) is 16.1 Å². The number of imidazole rings is 1. The molecule has 1 aromatic heterocycles. The van der Waals surface area contributed by atoms with E-state index in [4.69, 9.17) is 10.7 Å². The van der Waals surface area contributed by atoms with Crippen LogP contribution < -0.4 is 5.73 Å². The van der Waals surface area contributed by atoms with Gasteiger partial charge in [0, 0.05) is 12.0 Å². The smallest absolute Gasteiger partial charge is 0.125 e. The lowest BCUT2D eigenvalue weighted by Crippen LogP contribution is -2.27. The normalized spacial score (nSPS) is 23.1. The van der Waals surface area contributed by atoms with Crippen LogP contribution >= 0.6 is 0 Å². The Morgan fingerprint density at radius 3 is 2.81 bits per heavy atom. The molecular weight excluding hydrogens is 265 g/mol. The van der Waals surface area contributed by atoms with Crippen molar-refractivity contribution < 1.29 is 4.39 Å². The first-order valence-corrected chi connectivity index (χ1v) is 7.99. The number of hydrogen-bond donors (Lipinski definition) is 1. The quantitative estimate of drug-likeness (QED) is 0.928. The Hall–Kier alpha value is -1.42. The van der Waals surface area contributed by atoms with Gasteiger partial charge in [-0.25, -0.2) is 9.37 Å². The summed E-state index contributed by atoms with van der Waals surface area (Å²) in [5.74, 6) is 1.80. The first-order chi connectivity index (χ1) is 10.1. The van der Waals surface area contributed by atoms with Gasteiger partial charge in [-0.1, -0.05) is 12.8 Å². The number of benzene rings is 1. The predicted molar refractivity (Wildman–Crippen MR) is 83.8 cm³/mol. The van der Waals surface area contributed by atoms with Crippen LogP contribution in [0.1, 0.15) is 57.3 Å². The van der Waals surface area contributed by atoms with Gasteiger partial charge in [-0.15, -0.1) is 0 Å². The molecule has 3 nitrogen and oxygen atoms in total. The molecule has 4 heteroatoms. The summed E-state index contributed by atoms with van der Waals surface area (Å²) in [5.41, 5.74) is 7.77. The maximum atomic E-state index is 13.6. The van der Waals surface area contributed by atoms with Crippen molar-refractivity contribution in [2.45, 2.75) is 51.5 Å². The Balaban J connectivity index is 2.14. The Labute approximate surface area is 125 Å². The molecule has 1 fully saturated rings. The molecule has 1 heterocycles. The maximum Gasteiger partial charge on any atom is 0.125 e. The van der Waals surface area contributed by atoms with Crippen LogP contribution in [0.4, 0.5) is 4.39 Å². The average molecular weight is 289 g/mol. The highest BCUT2D eigenvalue weighted by atomic mass is 19.1. The molecule has 2 N–H and O–H groups in total. The minimum absolute atomic E-state index is 0.199. The van der Waals surface area contributed by atoms with Crippen LogP contribution in [0.2, 0.25) is 0 Å². The summed E-state index contributed by atoms with van der Waals surface area (Å²) >= 11 is 0. The van der Waals surface area contributed by atoms with Crippen molar-refractivity contribution in [2.24, 2.45) is 11.7 Å². The highest BCUT2D eigenvalue weighted by molar-refractivity contribution is 5.76. The molecule has 0 amide bonds. The van der Waals surface area contributed by atoms with E-state index in [-0.39, 0.29) is 11.9 Å². The van der Waals surface area contributed by atoms with Crippen molar-refractivity contribution >= 4 is 11.0 Å². The molecule has 21 heavy (non-hydrogen) atoms. The Bertz CT molecular complexity index is 632. The summed E-state index contributed by atoms with van der Waals surface area (Å²) in [6, 6.07) is 5.15. The molecule has 1 aromatic carbocycles. The second-order valence-electron chi connectivity index (χ2n) is 6.45. The molecule has 114 valence electrons. The Kier molecular flexibility index (Phi) is 3.98. The van der Waals surface area contributed by atoms with Gasteiger partial charge in [-0.3, -0.25) is 0 Å². The highest BCUT2D eigenvalue weighted by Crippen LogP contribution is 2.39. The average Bonchev–Trinajstić information content (AvgIpc) is 2.85. The van der Waals surface area contributed by atoms with Gasteiger partial charge in [0.15, 0.2) is 0 Å². The molecular formula is C17H24FN3. The lowest BCUT2D eigenvalue weighted by Gasteiger charge is -2.31. The molecule has 1 aliphatic rings. The second-order valence-corrected chi connectivity index (χ2v) is 6.45. The van der Waals surface area contributed by atoms with Crippen LogP contribution in [0.15, 0.2) is 18.2 Å². The van der Waals surface area contributed by atoms with Gasteiger partial charge in [0.2, 0.25) is 0 Å². The van der Waals surface area contributed by atoms with Crippen molar-refractivity contribution in [1.29, 1.82) is 0 Å². The van der Waals surface area contributed by atoms with E-state index in [9.17, 15) is 4.39 Å². The van der Waals surface area contributed by atoms with E-state index < -0.39 is 0 Å². The first kappa shape index (κ1) is 14.5. The zero-order valence-corrected chi connectivity index (χ0v) is 12.8. The zero-order valence-electron chi connectivity index (χ0n) is 12.8. The molecule has 0 bridgehead atoms. The monoisotopic (exact) mass is 289 g/mol. The standard InChI is InChI=1S/C17H24FN3/c1-11(2)21-16-9-13(18)7-8-15(16)20-17(21)14-6-4-3-5-12(14)10-19/h7-9,11-12,14H,3-6,10,19H2,1-2H3. The third kappa shape index (κ3) is 2.57. The van der Waals surface area contributed by atoms with Crippen LogP contribution in [-0.2, 0) is 0 Å². The summed E-state index contributed by atoms with van der Waals surface area (Å²) in [5, 5.41) is 0. The van der Waals surface area contributed by atoms with Crippen LogP contribution in [0.25, 0.3) is 11.0 Å². The molecule has 1 aliphatic carbocycles. The minimum Gasteiger partial charge on any atom is -0.330 e. The molecule has 0 saturated heterocycles. The highest BCUT2D eigenvalue weighted by Gasteiger charge is 2.30. The fourth-order valence-electron chi connectivity index (χ4n) is 3.72. The Morgan fingerprint density at radius 2 is 2.10 bits per heavy atom. The fourth-order valence-corrected chi connectivity index (χ4v) is 3.72. The number of nitrogens with two attached hydrogens (primary N) is 1. The van der Waals surface area contributed by atoms with E-state index in [2.05, 4.69) is 18.4 Å². The summed E-state index contributed by atoms with van der Waals surface area (Å²) in [4.78, 5) is 4.84. The summed E-state index contributed by atoms with van der Waals surface area (Å²) in [6.45, 7) is 4.98. The Morgan fingerprint density at radius 1 is 1.33 bits per heavy atom. The number of nitrogens with zero attached hydrogens (tertiary/aromatic N) is 2. The van der Waals surface area contributed by atoms with Crippen molar-refractivity contribution in [3.05, 3.63) is 29.8 Å². The third-order valence-corrected chi connectivity index (χ3v) is 4.74. The van der Waals surface area contributed by atoms with Gasteiger partial charge in [0.25, 0.3) is 0 Å². The van der Waals surface area contributed by atoms with Crippen molar-refractivity contribution in [1.82, 2.24) is 9.55 Å². The molecule has 3 rings (SSSR count). The molecule has 2 atom stereocenters.